The first kappa shape index (κ1) is 28.7. The van der Waals surface area contributed by atoms with Crippen LogP contribution in [0.15, 0.2) is 104 Å². The van der Waals surface area contributed by atoms with Gasteiger partial charge in [-0.05, 0) is 103 Å². The summed E-state index contributed by atoms with van der Waals surface area (Å²) in [6.07, 6.45) is 6.24. The second-order valence-electron chi connectivity index (χ2n) is 13.3. The van der Waals surface area contributed by atoms with Gasteiger partial charge in [0, 0.05) is 52.9 Å². The molecule has 45 heavy (non-hydrogen) atoms. The van der Waals surface area contributed by atoms with E-state index < -0.39 is 0 Å². The summed E-state index contributed by atoms with van der Waals surface area (Å²) < 4.78 is 8.79. The van der Waals surface area contributed by atoms with Crippen LogP contribution in [0.2, 0.25) is 0 Å². The van der Waals surface area contributed by atoms with Crippen LogP contribution in [-0.2, 0) is 5.41 Å². The molecule has 226 valence electrons. The van der Waals surface area contributed by atoms with Crippen LogP contribution in [0.4, 0.5) is 11.4 Å². The summed E-state index contributed by atoms with van der Waals surface area (Å²) in [6.45, 7) is 16.3. The van der Waals surface area contributed by atoms with E-state index in [9.17, 15) is 0 Å². The molecule has 0 saturated heterocycles. The van der Waals surface area contributed by atoms with Crippen LogP contribution in [0.25, 0.3) is 27.6 Å². The number of aromatic nitrogens is 2. The van der Waals surface area contributed by atoms with Crippen molar-refractivity contribution < 1.29 is 4.74 Å². The summed E-state index contributed by atoms with van der Waals surface area (Å²) in [7, 11) is 0. The Morgan fingerprint density at radius 1 is 0.667 bits per heavy atom. The number of pyridine rings is 1. The lowest BCUT2D eigenvalue weighted by atomic mass is 9.88. The number of benzene rings is 4. The highest BCUT2D eigenvalue weighted by Gasteiger charge is 2.21. The third-order valence-corrected chi connectivity index (χ3v) is 9.21. The molecule has 0 amide bonds. The number of rotatable bonds is 5. The number of para-hydroxylation sites is 1. The van der Waals surface area contributed by atoms with E-state index in [1.165, 1.54) is 44.3 Å². The first-order valence-electron chi connectivity index (χ1n) is 15.7. The van der Waals surface area contributed by atoms with Crippen LogP contribution >= 0.6 is 0 Å². The Bertz CT molecular complexity index is 2110. The summed E-state index contributed by atoms with van der Waals surface area (Å²) in [4.78, 5) is 9.41. The maximum absolute atomic E-state index is 6.53. The lowest BCUT2D eigenvalue weighted by Gasteiger charge is -2.26. The van der Waals surface area contributed by atoms with Crippen molar-refractivity contribution in [3.05, 3.63) is 131 Å². The van der Waals surface area contributed by atoms with Gasteiger partial charge >= 0.3 is 0 Å². The molecule has 3 heterocycles. The van der Waals surface area contributed by atoms with E-state index in [1.54, 1.807) is 0 Å². The third kappa shape index (κ3) is 5.12. The fraction of sp³-hybridized carbons (Fsp3) is 0.225. The fourth-order valence-corrected chi connectivity index (χ4v) is 6.57. The average Bonchev–Trinajstić information content (AvgIpc) is 3.63. The minimum atomic E-state index is 0.0219. The highest BCUT2D eigenvalue weighted by atomic mass is 16.5. The van der Waals surface area contributed by atoms with Gasteiger partial charge in [0.15, 0.2) is 0 Å². The van der Waals surface area contributed by atoms with Crippen LogP contribution < -0.4 is 14.5 Å². The zero-order chi connectivity index (χ0) is 31.5. The molecule has 2 aromatic heterocycles. The fourth-order valence-electron chi connectivity index (χ4n) is 6.57. The van der Waals surface area contributed by atoms with E-state index in [4.69, 9.17) is 9.72 Å². The molecule has 0 radical (unpaired) electrons. The Morgan fingerprint density at radius 3 is 2.24 bits per heavy atom. The number of hydrogen-bond acceptors (Lipinski definition) is 4. The van der Waals surface area contributed by atoms with Gasteiger partial charge in [-0.25, -0.2) is 4.98 Å². The molecule has 4 aromatic carbocycles. The molecule has 5 nitrogen and oxygen atoms in total. The molecule has 0 unspecified atom stereocenters. The molecule has 0 atom stereocenters. The number of aryl methyl sites for hydroxylation is 2. The Morgan fingerprint density at radius 2 is 1.42 bits per heavy atom. The molecule has 6 aromatic rings. The number of ether oxygens (including phenoxy) is 1. The molecular weight excluding hydrogens is 552 g/mol. The largest absolute Gasteiger partial charge is 0.457 e. The monoisotopic (exact) mass is 592 g/mol. The van der Waals surface area contributed by atoms with Gasteiger partial charge < -0.3 is 14.5 Å². The summed E-state index contributed by atoms with van der Waals surface area (Å²) in [5.74, 6) is 2.50. The number of anilines is 2. The van der Waals surface area contributed by atoms with Gasteiger partial charge in [-0.3, -0.25) is 4.57 Å². The summed E-state index contributed by atoms with van der Waals surface area (Å²) in [6, 6.07) is 29.8. The number of fused-ring (bicyclic) bond motifs is 3. The van der Waals surface area contributed by atoms with Crippen molar-refractivity contribution in [2.75, 3.05) is 16.5 Å². The summed E-state index contributed by atoms with van der Waals surface area (Å²) in [5, 5.41) is 2.37. The Balaban J connectivity index is 1.21. The van der Waals surface area contributed by atoms with Crippen molar-refractivity contribution in [1.29, 1.82) is 0 Å². The SMILES string of the molecule is Cc1cc(C)c(N2C=CN(c3cccc(Oc4ccc5c6ccccc6n(-c6cc(C(C)(C)C)ccn6)c5c4)c3)C2)c(C)c1C. The highest BCUT2D eigenvalue weighted by molar-refractivity contribution is 6.09. The second kappa shape index (κ2) is 10.8. The van der Waals surface area contributed by atoms with Crippen molar-refractivity contribution in [1.82, 2.24) is 9.55 Å². The lowest BCUT2D eigenvalue weighted by molar-refractivity contribution is 0.483. The van der Waals surface area contributed by atoms with Crippen molar-refractivity contribution in [2.45, 2.75) is 53.9 Å². The van der Waals surface area contributed by atoms with Crippen LogP contribution in [0.3, 0.4) is 0 Å². The molecule has 0 N–H and O–H groups in total. The van der Waals surface area contributed by atoms with E-state index in [-0.39, 0.29) is 5.41 Å². The standard InChI is InChI=1S/C40H40N4O/c1-26-21-27(2)39(29(4)28(26)3)43-20-19-42(25-43)31-11-10-12-32(23-31)45-33-15-16-35-34-13-8-9-14-36(34)44(37(35)24-33)38-22-30(17-18-41-38)40(5,6)7/h8-24H,25H2,1-7H3. The van der Waals surface area contributed by atoms with Gasteiger partial charge in [-0.1, -0.05) is 51.1 Å². The van der Waals surface area contributed by atoms with Crippen LogP contribution in [0.1, 0.15) is 48.6 Å². The molecule has 0 spiro atoms. The smallest absolute Gasteiger partial charge is 0.137 e. The topological polar surface area (TPSA) is 33.5 Å². The van der Waals surface area contributed by atoms with E-state index in [1.807, 2.05) is 12.3 Å². The quantitative estimate of drug-likeness (QED) is 0.199. The normalized spacial score (nSPS) is 13.4. The first-order chi connectivity index (χ1) is 21.6. The minimum Gasteiger partial charge on any atom is -0.457 e. The van der Waals surface area contributed by atoms with E-state index in [2.05, 4.69) is 154 Å². The first-order valence-corrected chi connectivity index (χ1v) is 15.7. The summed E-state index contributed by atoms with van der Waals surface area (Å²) >= 11 is 0. The van der Waals surface area contributed by atoms with Crippen molar-refractivity contribution in [2.24, 2.45) is 0 Å². The molecule has 0 saturated carbocycles. The Labute approximate surface area is 266 Å². The van der Waals surface area contributed by atoms with Gasteiger partial charge in [0.1, 0.15) is 17.3 Å². The zero-order valence-electron chi connectivity index (χ0n) is 27.2. The second-order valence-corrected chi connectivity index (χ2v) is 13.3. The van der Waals surface area contributed by atoms with E-state index >= 15 is 0 Å². The molecule has 1 aliphatic rings. The molecular formula is C40H40N4O. The van der Waals surface area contributed by atoms with Crippen LogP contribution in [0, 0.1) is 27.7 Å². The van der Waals surface area contributed by atoms with E-state index in [0.29, 0.717) is 0 Å². The predicted molar refractivity (Wildman–Crippen MR) is 188 cm³/mol. The Hall–Kier alpha value is -5.03. The molecule has 5 heteroatoms. The molecule has 0 fully saturated rings. The maximum Gasteiger partial charge on any atom is 0.137 e. The van der Waals surface area contributed by atoms with Gasteiger partial charge in [0.2, 0.25) is 0 Å². The average molecular weight is 593 g/mol. The van der Waals surface area contributed by atoms with Crippen molar-refractivity contribution in [3.8, 4) is 17.3 Å². The summed E-state index contributed by atoms with van der Waals surface area (Å²) in [5.41, 5.74) is 11.2. The van der Waals surface area contributed by atoms with E-state index in [0.717, 1.165) is 40.7 Å². The highest BCUT2D eigenvalue weighted by Crippen LogP contribution is 2.37. The Kier molecular flexibility index (Phi) is 6.92. The lowest BCUT2D eigenvalue weighted by Crippen LogP contribution is -2.26. The van der Waals surface area contributed by atoms with Gasteiger partial charge in [-0.15, -0.1) is 0 Å². The van der Waals surface area contributed by atoms with Gasteiger partial charge in [0.05, 0.1) is 17.7 Å². The maximum atomic E-state index is 6.53. The van der Waals surface area contributed by atoms with Gasteiger partial charge in [-0.2, -0.15) is 0 Å². The molecule has 0 bridgehead atoms. The molecule has 0 aliphatic carbocycles. The van der Waals surface area contributed by atoms with Crippen LogP contribution in [-0.4, -0.2) is 16.2 Å². The minimum absolute atomic E-state index is 0.0219. The number of nitrogens with zero attached hydrogens (tertiary/aromatic N) is 4. The van der Waals surface area contributed by atoms with Gasteiger partial charge in [0.25, 0.3) is 0 Å². The zero-order valence-corrected chi connectivity index (χ0v) is 27.2. The number of hydrogen-bond donors (Lipinski definition) is 0. The molecule has 1 aliphatic heterocycles. The third-order valence-electron chi connectivity index (χ3n) is 9.21. The van der Waals surface area contributed by atoms with Crippen LogP contribution in [0.5, 0.6) is 11.5 Å². The predicted octanol–water partition coefficient (Wildman–Crippen LogP) is 10.3. The van der Waals surface area contributed by atoms with Crippen molar-refractivity contribution in [3.63, 3.8) is 0 Å². The van der Waals surface area contributed by atoms with Crippen molar-refractivity contribution >= 4 is 33.2 Å². The molecule has 7 rings (SSSR count).